The Labute approximate surface area is 119 Å². The van der Waals surface area contributed by atoms with Crippen LogP contribution in [0.15, 0.2) is 18.2 Å². The second-order valence-electron chi connectivity index (χ2n) is 5.28. The van der Waals surface area contributed by atoms with E-state index < -0.39 is 0 Å². The summed E-state index contributed by atoms with van der Waals surface area (Å²) in [6.45, 7) is 5.19. The van der Waals surface area contributed by atoms with Crippen molar-refractivity contribution in [3.8, 4) is 11.5 Å². The summed E-state index contributed by atoms with van der Waals surface area (Å²) in [6.07, 6.45) is 1.91. The van der Waals surface area contributed by atoms with Crippen LogP contribution in [0.25, 0.3) is 0 Å². The summed E-state index contributed by atoms with van der Waals surface area (Å²) in [6, 6.07) is 4.28. The number of benzene rings is 1. The maximum atomic E-state index is 12.4. The molecule has 1 aromatic carbocycles. The fourth-order valence-electron chi connectivity index (χ4n) is 2.68. The number of hydrogen-bond acceptors (Lipinski definition) is 4. The van der Waals surface area contributed by atoms with E-state index in [-0.39, 0.29) is 29.0 Å². The Hall–Kier alpha value is -1.75. The van der Waals surface area contributed by atoms with Crippen molar-refractivity contribution in [2.24, 2.45) is 0 Å². The molecular weight excluding hydrogens is 256 g/mol. The number of carbonyl (C=O) groups excluding carboxylic acids is 1. The largest absolute Gasteiger partial charge is 0.508 e. The molecule has 5 nitrogen and oxygen atoms in total. The Balaban J connectivity index is 2.05. The summed E-state index contributed by atoms with van der Waals surface area (Å²) in [5.74, 6) is -0.414. The molecule has 0 saturated carbocycles. The highest BCUT2D eigenvalue weighted by Crippen LogP contribution is 2.25. The maximum Gasteiger partial charge on any atom is 0.257 e. The van der Waals surface area contributed by atoms with Crippen molar-refractivity contribution in [1.82, 2.24) is 9.80 Å². The third-order valence-electron chi connectivity index (χ3n) is 4.08. The molecule has 1 aliphatic rings. The van der Waals surface area contributed by atoms with Crippen molar-refractivity contribution >= 4 is 5.91 Å². The minimum atomic E-state index is -0.197. The van der Waals surface area contributed by atoms with E-state index in [1.807, 2.05) is 0 Å². The van der Waals surface area contributed by atoms with Crippen molar-refractivity contribution in [3.63, 3.8) is 0 Å². The van der Waals surface area contributed by atoms with E-state index >= 15 is 0 Å². The standard InChI is InChI=1S/C15H22N2O3/c1-3-17-8-6-11(7-9-17)16(2)15(20)13-5-4-12(18)10-14(13)19/h4-5,10-11,18-19H,3,6-9H2,1-2H3. The fourth-order valence-corrected chi connectivity index (χ4v) is 2.68. The van der Waals surface area contributed by atoms with Gasteiger partial charge >= 0.3 is 0 Å². The molecule has 1 heterocycles. The molecule has 1 aliphatic heterocycles. The number of carbonyl (C=O) groups is 1. The lowest BCUT2D eigenvalue weighted by atomic mass is 10.0. The van der Waals surface area contributed by atoms with Crippen LogP contribution in [0, 0.1) is 0 Å². The molecule has 110 valence electrons. The molecule has 0 aliphatic carbocycles. The zero-order valence-corrected chi connectivity index (χ0v) is 12.0. The van der Waals surface area contributed by atoms with Crippen LogP contribution in [0.3, 0.4) is 0 Å². The van der Waals surface area contributed by atoms with Crippen molar-refractivity contribution in [3.05, 3.63) is 23.8 Å². The molecule has 2 rings (SSSR count). The Kier molecular flexibility index (Phi) is 4.49. The van der Waals surface area contributed by atoms with Crippen molar-refractivity contribution in [1.29, 1.82) is 0 Å². The lowest BCUT2D eigenvalue weighted by Gasteiger charge is -2.36. The van der Waals surface area contributed by atoms with Gasteiger partial charge in [-0.2, -0.15) is 0 Å². The first kappa shape index (κ1) is 14.7. The van der Waals surface area contributed by atoms with Gasteiger partial charge in [-0.15, -0.1) is 0 Å². The van der Waals surface area contributed by atoms with E-state index in [2.05, 4.69) is 11.8 Å². The van der Waals surface area contributed by atoms with E-state index in [0.717, 1.165) is 32.5 Å². The van der Waals surface area contributed by atoms with Gasteiger partial charge in [0.15, 0.2) is 0 Å². The van der Waals surface area contributed by atoms with Crippen LogP contribution in [0.1, 0.15) is 30.1 Å². The first-order valence-corrected chi connectivity index (χ1v) is 7.04. The number of piperidine rings is 1. The molecule has 1 fully saturated rings. The summed E-state index contributed by atoms with van der Waals surface area (Å²) >= 11 is 0. The van der Waals surface area contributed by atoms with Crippen molar-refractivity contribution < 1.29 is 15.0 Å². The summed E-state index contributed by atoms with van der Waals surface area (Å²) in [5, 5.41) is 19.0. The van der Waals surface area contributed by atoms with Gasteiger partial charge in [-0.1, -0.05) is 6.92 Å². The van der Waals surface area contributed by atoms with Gasteiger partial charge in [0, 0.05) is 32.2 Å². The second kappa shape index (κ2) is 6.13. The van der Waals surface area contributed by atoms with Crippen LogP contribution in [-0.4, -0.2) is 58.6 Å². The number of rotatable bonds is 3. The number of amides is 1. The van der Waals surface area contributed by atoms with Gasteiger partial charge in [-0.25, -0.2) is 0 Å². The third-order valence-corrected chi connectivity index (χ3v) is 4.08. The smallest absolute Gasteiger partial charge is 0.257 e. The lowest BCUT2D eigenvalue weighted by Crippen LogP contribution is -2.45. The number of likely N-dealkylation sites (tertiary alicyclic amines) is 1. The molecule has 1 saturated heterocycles. The molecule has 1 aromatic rings. The molecule has 0 spiro atoms. The van der Waals surface area contributed by atoms with Crippen LogP contribution >= 0.6 is 0 Å². The van der Waals surface area contributed by atoms with Gasteiger partial charge in [-0.3, -0.25) is 4.79 Å². The Morgan fingerprint density at radius 1 is 1.35 bits per heavy atom. The van der Waals surface area contributed by atoms with Crippen LogP contribution in [0.4, 0.5) is 0 Å². The van der Waals surface area contributed by atoms with Gasteiger partial charge in [0.25, 0.3) is 5.91 Å². The molecule has 0 atom stereocenters. The summed E-state index contributed by atoms with van der Waals surface area (Å²) in [5.41, 5.74) is 0.239. The Morgan fingerprint density at radius 3 is 2.55 bits per heavy atom. The lowest BCUT2D eigenvalue weighted by molar-refractivity contribution is 0.0644. The number of hydrogen-bond donors (Lipinski definition) is 2. The van der Waals surface area contributed by atoms with Crippen molar-refractivity contribution in [2.45, 2.75) is 25.8 Å². The molecule has 20 heavy (non-hydrogen) atoms. The molecule has 1 amide bonds. The average molecular weight is 278 g/mol. The summed E-state index contributed by atoms with van der Waals surface area (Å²) < 4.78 is 0. The number of nitrogens with zero attached hydrogens (tertiary/aromatic N) is 2. The third kappa shape index (κ3) is 3.04. The number of aromatic hydroxyl groups is 2. The molecule has 0 aromatic heterocycles. The first-order chi connectivity index (χ1) is 9.52. The zero-order valence-electron chi connectivity index (χ0n) is 12.0. The van der Waals surface area contributed by atoms with Crippen LogP contribution < -0.4 is 0 Å². The van der Waals surface area contributed by atoms with Crippen molar-refractivity contribution in [2.75, 3.05) is 26.7 Å². The van der Waals surface area contributed by atoms with E-state index in [9.17, 15) is 15.0 Å². The SMILES string of the molecule is CCN1CCC(N(C)C(=O)c2ccc(O)cc2O)CC1. The highest BCUT2D eigenvalue weighted by Gasteiger charge is 2.26. The van der Waals surface area contributed by atoms with Crippen LogP contribution in [0.2, 0.25) is 0 Å². The predicted octanol–water partition coefficient (Wildman–Crippen LogP) is 1.65. The molecule has 0 bridgehead atoms. The molecule has 2 N–H and O–H groups in total. The second-order valence-corrected chi connectivity index (χ2v) is 5.28. The molecular formula is C15H22N2O3. The van der Waals surface area contributed by atoms with Gasteiger partial charge < -0.3 is 20.0 Å². The fraction of sp³-hybridized carbons (Fsp3) is 0.533. The number of phenols is 2. The molecule has 5 heteroatoms. The van der Waals surface area contributed by atoms with E-state index in [1.54, 1.807) is 11.9 Å². The highest BCUT2D eigenvalue weighted by molar-refractivity contribution is 5.97. The predicted molar refractivity (Wildman–Crippen MR) is 77.0 cm³/mol. The maximum absolute atomic E-state index is 12.4. The van der Waals surface area contributed by atoms with Crippen LogP contribution in [-0.2, 0) is 0 Å². The Morgan fingerprint density at radius 2 is 2.00 bits per heavy atom. The number of phenolic OH excluding ortho intramolecular Hbond substituents is 2. The van der Waals surface area contributed by atoms with Gasteiger partial charge in [0.2, 0.25) is 0 Å². The topological polar surface area (TPSA) is 64.0 Å². The molecule has 0 unspecified atom stereocenters. The van der Waals surface area contributed by atoms with Crippen LogP contribution in [0.5, 0.6) is 11.5 Å². The monoisotopic (exact) mass is 278 g/mol. The van der Waals surface area contributed by atoms with Gasteiger partial charge in [-0.05, 0) is 31.5 Å². The quantitative estimate of drug-likeness (QED) is 0.882. The van der Waals surface area contributed by atoms with E-state index in [4.69, 9.17) is 0 Å². The van der Waals surface area contributed by atoms with Gasteiger partial charge in [0.1, 0.15) is 11.5 Å². The minimum Gasteiger partial charge on any atom is -0.508 e. The summed E-state index contributed by atoms with van der Waals surface area (Å²) in [4.78, 5) is 16.5. The highest BCUT2D eigenvalue weighted by atomic mass is 16.3. The van der Waals surface area contributed by atoms with E-state index in [0.29, 0.717) is 0 Å². The minimum absolute atomic E-state index is 0.0436. The summed E-state index contributed by atoms with van der Waals surface area (Å²) in [7, 11) is 1.78. The average Bonchev–Trinajstić information content (AvgIpc) is 2.46. The Bertz CT molecular complexity index is 482. The van der Waals surface area contributed by atoms with E-state index in [1.165, 1.54) is 18.2 Å². The normalized spacial score (nSPS) is 17.1. The molecule has 0 radical (unpaired) electrons. The van der Waals surface area contributed by atoms with Gasteiger partial charge in [0.05, 0.1) is 5.56 Å². The first-order valence-electron chi connectivity index (χ1n) is 7.04. The zero-order chi connectivity index (χ0) is 14.7.